The zero-order valence-electron chi connectivity index (χ0n) is 19.7. The van der Waals surface area contributed by atoms with Crippen LogP contribution in [-0.2, 0) is 16.1 Å². The second-order valence-electron chi connectivity index (χ2n) is 8.52. The summed E-state index contributed by atoms with van der Waals surface area (Å²) in [5.41, 5.74) is 5.76. The van der Waals surface area contributed by atoms with E-state index in [0.717, 1.165) is 35.4 Å². The predicted molar refractivity (Wildman–Crippen MR) is 132 cm³/mol. The Balaban J connectivity index is 1.51. The van der Waals surface area contributed by atoms with Crippen molar-refractivity contribution in [3.63, 3.8) is 0 Å². The average Bonchev–Trinajstić information content (AvgIpc) is 3.24. The number of aromatic nitrogens is 3. The Kier molecular flexibility index (Phi) is 7.35. The van der Waals surface area contributed by atoms with Crippen LogP contribution in [0, 0.1) is 20.8 Å². The molecule has 0 atom stereocenters. The van der Waals surface area contributed by atoms with E-state index in [1.54, 1.807) is 4.90 Å². The third kappa shape index (κ3) is 5.57. The molecule has 3 aromatic rings. The van der Waals surface area contributed by atoms with Gasteiger partial charge in [-0.15, -0.1) is 10.2 Å². The SMILES string of the molecule is Cc1cccc(-n2c(SCC(=O)N(C)Cc3ccc(C)cc3C)nnc2N2CCOCC2)c1. The van der Waals surface area contributed by atoms with Crippen molar-refractivity contribution in [1.29, 1.82) is 0 Å². The lowest BCUT2D eigenvalue weighted by Gasteiger charge is -2.28. The highest BCUT2D eigenvalue weighted by molar-refractivity contribution is 7.99. The van der Waals surface area contributed by atoms with Crippen LogP contribution in [0.5, 0.6) is 0 Å². The van der Waals surface area contributed by atoms with Crippen molar-refractivity contribution in [3.05, 3.63) is 64.7 Å². The minimum atomic E-state index is 0.0617. The largest absolute Gasteiger partial charge is 0.378 e. The van der Waals surface area contributed by atoms with Crippen LogP contribution in [0.15, 0.2) is 47.6 Å². The van der Waals surface area contributed by atoms with E-state index in [4.69, 9.17) is 4.74 Å². The number of morpholine rings is 1. The first-order valence-electron chi connectivity index (χ1n) is 11.2. The zero-order valence-corrected chi connectivity index (χ0v) is 20.6. The van der Waals surface area contributed by atoms with Gasteiger partial charge in [0.15, 0.2) is 5.16 Å². The Labute approximate surface area is 199 Å². The Bertz CT molecular complexity index is 1120. The normalized spacial score (nSPS) is 13.9. The number of aryl methyl sites for hydroxylation is 3. The quantitative estimate of drug-likeness (QED) is 0.495. The van der Waals surface area contributed by atoms with Gasteiger partial charge < -0.3 is 14.5 Å². The van der Waals surface area contributed by atoms with Gasteiger partial charge in [-0.25, -0.2) is 0 Å². The number of hydrogen-bond donors (Lipinski definition) is 0. The number of thioether (sulfide) groups is 1. The molecule has 2 heterocycles. The summed E-state index contributed by atoms with van der Waals surface area (Å²) in [4.78, 5) is 16.9. The van der Waals surface area contributed by atoms with Gasteiger partial charge in [-0.1, -0.05) is 47.7 Å². The zero-order chi connectivity index (χ0) is 23.4. The number of rotatable bonds is 7. The minimum Gasteiger partial charge on any atom is -0.378 e. The number of ether oxygens (including phenoxy) is 1. The third-order valence-electron chi connectivity index (χ3n) is 5.83. The summed E-state index contributed by atoms with van der Waals surface area (Å²) in [7, 11) is 1.85. The molecule has 1 fully saturated rings. The molecule has 7 nitrogen and oxygen atoms in total. The molecule has 0 saturated carbocycles. The van der Waals surface area contributed by atoms with E-state index in [2.05, 4.69) is 76.8 Å². The van der Waals surface area contributed by atoms with Crippen molar-refractivity contribution in [2.45, 2.75) is 32.5 Å². The summed E-state index contributed by atoms with van der Waals surface area (Å²) in [5, 5.41) is 9.67. The molecule has 0 radical (unpaired) electrons. The van der Waals surface area contributed by atoms with Crippen LogP contribution in [-0.4, -0.2) is 64.7 Å². The molecule has 0 unspecified atom stereocenters. The van der Waals surface area contributed by atoms with E-state index < -0.39 is 0 Å². The number of amides is 1. The van der Waals surface area contributed by atoms with Crippen LogP contribution >= 0.6 is 11.8 Å². The van der Waals surface area contributed by atoms with Gasteiger partial charge in [-0.3, -0.25) is 9.36 Å². The number of carbonyl (C=O) groups is 1. The maximum atomic E-state index is 12.9. The summed E-state index contributed by atoms with van der Waals surface area (Å²) >= 11 is 1.43. The first kappa shape index (κ1) is 23.3. The number of hydrogen-bond acceptors (Lipinski definition) is 6. The molecule has 1 aliphatic heterocycles. The molecule has 0 aliphatic carbocycles. The maximum absolute atomic E-state index is 12.9. The number of carbonyl (C=O) groups excluding carboxylic acids is 1. The monoisotopic (exact) mass is 465 g/mol. The molecule has 0 bridgehead atoms. The van der Waals surface area contributed by atoms with Gasteiger partial charge in [0, 0.05) is 26.7 Å². The number of anilines is 1. The van der Waals surface area contributed by atoms with Crippen LogP contribution in [0.2, 0.25) is 0 Å². The van der Waals surface area contributed by atoms with Crippen molar-refractivity contribution in [3.8, 4) is 5.69 Å². The average molecular weight is 466 g/mol. The highest BCUT2D eigenvalue weighted by atomic mass is 32.2. The van der Waals surface area contributed by atoms with Crippen LogP contribution in [0.3, 0.4) is 0 Å². The molecule has 1 amide bonds. The van der Waals surface area contributed by atoms with Crippen LogP contribution in [0.4, 0.5) is 5.95 Å². The highest BCUT2D eigenvalue weighted by Gasteiger charge is 2.23. The molecule has 8 heteroatoms. The molecule has 174 valence electrons. The van der Waals surface area contributed by atoms with Gasteiger partial charge in [0.25, 0.3) is 0 Å². The molecule has 0 spiro atoms. The summed E-state index contributed by atoms with van der Waals surface area (Å²) < 4.78 is 7.56. The Morgan fingerprint density at radius 2 is 1.82 bits per heavy atom. The lowest BCUT2D eigenvalue weighted by atomic mass is 10.1. The first-order valence-corrected chi connectivity index (χ1v) is 12.2. The van der Waals surface area contributed by atoms with E-state index in [1.807, 2.05) is 13.1 Å². The summed E-state index contributed by atoms with van der Waals surface area (Å²) in [6.45, 7) is 9.72. The van der Waals surface area contributed by atoms with Crippen molar-refractivity contribution >= 4 is 23.6 Å². The molecular formula is C25H31N5O2S. The van der Waals surface area contributed by atoms with Gasteiger partial charge >= 0.3 is 0 Å². The summed E-state index contributed by atoms with van der Waals surface area (Å²) in [5.74, 6) is 1.16. The lowest BCUT2D eigenvalue weighted by molar-refractivity contribution is -0.127. The predicted octanol–water partition coefficient (Wildman–Crippen LogP) is 3.78. The lowest BCUT2D eigenvalue weighted by Crippen LogP contribution is -2.37. The Morgan fingerprint density at radius 3 is 2.55 bits per heavy atom. The molecule has 2 aromatic carbocycles. The van der Waals surface area contributed by atoms with Gasteiger partial charge in [0.1, 0.15) is 0 Å². The summed E-state index contributed by atoms with van der Waals surface area (Å²) in [6, 6.07) is 14.6. The Morgan fingerprint density at radius 1 is 1.06 bits per heavy atom. The number of nitrogens with zero attached hydrogens (tertiary/aromatic N) is 5. The van der Waals surface area contributed by atoms with E-state index in [0.29, 0.717) is 25.5 Å². The van der Waals surface area contributed by atoms with E-state index in [-0.39, 0.29) is 5.91 Å². The fourth-order valence-corrected chi connectivity index (χ4v) is 4.81. The third-order valence-corrected chi connectivity index (χ3v) is 6.74. The molecule has 1 aromatic heterocycles. The van der Waals surface area contributed by atoms with E-state index in [9.17, 15) is 4.79 Å². The molecule has 1 saturated heterocycles. The van der Waals surface area contributed by atoms with Crippen LogP contribution < -0.4 is 4.90 Å². The van der Waals surface area contributed by atoms with Crippen molar-refractivity contribution in [2.75, 3.05) is 44.0 Å². The van der Waals surface area contributed by atoms with Crippen LogP contribution in [0.25, 0.3) is 5.69 Å². The fraction of sp³-hybridized carbons (Fsp3) is 0.400. The maximum Gasteiger partial charge on any atom is 0.233 e. The van der Waals surface area contributed by atoms with Crippen molar-refractivity contribution < 1.29 is 9.53 Å². The Hall–Kier alpha value is -2.84. The van der Waals surface area contributed by atoms with Gasteiger partial charge in [0.05, 0.1) is 24.7 Å². The smallest absolute Gasteiger partial charge is 0.233 e. The van der Waals surface area contributed by atoms with Crippen molar-refractivity contribution in [1.82, 2.24) is 19.7 Å². The molecule has 1 aliphatic rings. The standard InChI is InChI=1S/C25H31N5O2S/c1-18-6-5-7-22(15-18)30-24(29-10-12-32-13-11-29)26-27-25(30)33-17-23(31)28(4)16-21-9-8-19(2)14-20(21)3/h5-9,14-15H,10-13,16-17H2,1-4H3. The first-order chi connectivity index (χ1) is 15.9. The van der Waals surface area contributed by atoms with Crippen LogP contribution in [0.1, 0.15) is 22.3 Å². The highest BCUT2D eigenvalue weighted by Crippen LogP contribution is 2.28. The second-order valence-corrected chi connectivity index (χ2v) is 9.47. The summed E-state index contributed by atoms with van der Waals surface area (Å²) in [6.07, 6.45) is 0. The molecule has 33 heavy (non-hydrogen) atoms. The minimum absolute atomic E-state index is 0.0617. The van der Waals surface area contributed by atoms with Gasteiger partial charge in [-0.05, 0) is 49.6 Å². The molecule has 4 rings (SSSR count). The molecular weight excluding hydrogens is 434 g/mol. The topological polar surface area (TPSA) is 63.5 Å². The second kappa shape index (κ2) is 10.4. The fourth-order valence-electron chi connectivity index (χ4n) is 3.92. The van der Waals surface area contributed by atoms with Gasteiger partial charge in [-0.2, -0.15) is 0 Å². The van der Waals surface area contributed by atoms with Gasteiger partial charge in [0.2, 0.25) is 11.9 Å². The van der Waals surface area contributed by atoms with E-state index >= 15 is 0 Å². The van der Waals surface area contributed by atoms with Crippen molar-refractivity contribution in [2.24, 2.45) is 0 Å². The number of benzene rings is 2. The molecule has 0 N–H and O–H groups in total. The van der Waals surface area contributed by atoms with E-state index in [1.165, 1.54) is 28.5 Å².